The van der Waals surface area contributed by atoms with Crippen molar-refractivity contribution in [1.82, 2.24) is 0 Å². The predicted molar refractivity (Wildman–Crippen MR) is 77.6 cm³/mol. The number of nitriles is 1. The van der Waals surface area contributed by atoms with E-state index in [1.54, 1.807) is 43.3 Å². The minimum atomic E-state index is -3.58. The standard InChI is InChI=1S/C15H14N2O2S/c1-11-5-4-8-14(15(11)17)20(18,19)10-13-7-3-2-6-12(13)9-16/h2-8H,10,17H2,1H3. The SMILES string of the molecule is Cc1cccc(S(=O)(=O)Cc2ccccc2C#N)c1N. The highest BCUT2D eigenvalue weighted by Crippen LogP contribution is 2.25. The number of hydrogen-bond donors (Lipinski definition) is 1. The van der Waals surface area contributed by atoms with Gasteiger partial charge in [-0.05, 0) is 30.2 Å². The molecule has 0 aliphatic rings. The number of aryl methyl sites for hydroxylation is 1. The van der Waals surface area contributed by atoms with Gasteiger partial charge in [-0.1, -0.05) is 30.3 Å². The molecule has 5 heteroatoms. The zero-order chi connectivity index (χ0) is 14.8. The molecule has 0 aliphatic heterocycles. The molecule has 0 amide bonds. The second kappa shape index (κ2) is 5.35. The van der Waals surface area contributed by atoms with Crippen molar-refractivity contribution in [3.63, 3.8) is 0 Å². The highest BCUT2D eigenvalue weighted by molar-refractivity contribution is 7.90. The number of rotatable bonds is 3. The fourth-order valence-corrected chi connectivity index (χ4v) is 3.56. The van der Waals surface area contributed by atoms with Gasteiger partial charge in [-0.2, -0.15) is 5.26 Å². The number of anilines is 1. The largest absolute Gasteiger partial charge is 0.397 e. The van der Waals surface area contributed by atoms with Crippen LogP contribution in [0.5, 0.6) is 0 Å². The van der Waals surface area contributed by atoms with Crippen LogP contribution in [0.25, 0.3) is 0 Å². The van der Waals surface area contributed by atoms with E-state index in [0.717, 1.165) is 5.56 Å². The lowest BCUT2D eigenvalue weighted by atomic mass is 10.1. The van der Waals surface area contributed by atoms with Crippen molar-refractivity contribution in [2.75, 3.05) is 5.73 Å². The summed E-state index contributed by atoms with van der Waals surface area (Å²) < 4.78 is 24.9. The van der Waals surface area contributed by atoms with Crippen molar-refractivity contribution >= 4 is 15.5 Å². The van der Waals surface area contributed by atoms with E-state index < -0.39 is 9.84 Å². The molecular formula is C15H14N2O2S. The van der Waals surface area contributed by atoms with E-state index in [1.807, 2.05) is 6.07 Å². The van der Waals surface area contributed by atoms with Gasteiger partial charge in [-0.25, -0.2) is 8.42 Å². The molecule has 0 heterocycles. The molecule has 2 N–H and O–H groups in total. The van der Waals surface area contributed by atoms with Crippen LogP contribution in [0.15, 0.2) is 47.4 Å². The van der Waals surface area contributed by atoms with Crippen LogP contribution in [0.2, 0.25) is 0 Å². The van der Waals surface area contributed by atoms with E-state index in [2.05, 4.69) is 0 Å². The van der Waals surface area contributed by atoms with Crippen molar-refractivity contribution in [3.8, 4) is 6.07 Å². The van der Waals surface area contributed by atoms with Crippen LogP contribution in [0.3, 0.4) is 0 Å². The molecule has 0 spiro atoms. The van der Waals surface area contributed by atoms with Crippen LogP contribution in [0, 0.1) is 18.3 Å². The number of nitrogens with two attached hydrogens (primary N) is 1. The summed E-state index contributed by atoms with van der Waals surface area (Å²) in [5.74, 6) is -0.232. The lowest BCUT2D eigenvalue weighted by Crippen LogP contribution is -2.09. The quantitative estimate of drug-likeness (QED) is 0.878. The van der Waals surface area contributed by atoms with Crippen molar-refractivity contribution in [1.29, 1.82) is 5.26 Å². The number of hydrogen-bond acceptors (Lipinski definition) is 4. The van der Waals surface area contributed by atoms with Crippen LogP contribution in [-0.2, 0) is 15.6 Å². The molecule has 0 saturated heterocycles. The molecular weight excluding hydrogens is 272 g/mol. The van der Waals surface area contributed by atoms with E-state index in [0.29, 0.717) is 11.1 Å². The number of nitrogen functional groups attached to an aromatic ring is 1. The Bertz CT molecular complexity index is 790. The van der Waals surface area contributed by atoms with E-state index in [-0.39, 0.29) is 16.3 Å². The van der Waals surface area contributed by atoms with E-state index in [9.17, 15) is 8.42 Å². The first-order valence-electron chi connectivity index (χ1n) is 6.01. The summed E-state index contributed by atoms with van der Waals surface area (Å²) in [6, 6.07) is 13.6. The fourth-order valence-electron chi connectivity index (χ4n) is 1.96. The van der Waals surface area contributed by atoms with Gasteiger partial charge >= 0.3 is 0 Å². The summed E-state index contributed by atoms with van der Waals surface area (Å²) in [4.78, 5) is 0.116. The van der Waals surface area contributed by atoms with Crippen molar-refractivity contribution in [3.05, 3.63) is 59.2 Å². The van der Waals surface area contributed by atoms with Gasteiger partial charge in [-0.3, -0.25) is 0 Å². The van der Waals surface area contributed by atoms with Gasteiger partial charge in [0.25, 0.3) is 0 Å². The molecule has 0 aliphatic carbocycles. The average Bonchev–Trinajstić information content (AvgIpc) is 2.42. The van der Waals surface area contributed by atoms with E-state index in [1.165, 1.54) is 6.07 Å². The number of benzene rings is 2. The maximum atomic E-state index is 12.5. The maximum Gasteiger partial charge on any atom is 0.184 e. The Hall–Kier alpha value is -2.32. The van der Waals surface area contributed by atoms with Crippen LogP contribution in [0.4, 0.5) is 5.69 Å². The zero-order valence-electron chi connectivity index (χ0n) is 11.0. The summed E-state index contributed by atoms with van der Waals surface area (Å²) in [7, 11) is -3.58. The lowest BCUT2D eigenvalue weighted by Gasteiger charge is -2.10. The Labute approximate surface area is 118 Å². The number of nitrogens with zero attached hydrogens (tertiary/aromatic N) is 1. The Morgan fingerprint density at radius 1 is 1.15 bits per heavy atom. The van der Waals surface area contributed by atoms with Crippen molar-refractivity contribution in [2.24, 2.45) is 0 Å². The summed E-state index contributed by atoms with van der Waals surface area (Å²) in [5, 5.41) is 9.02. The summed E-state index contributed by atoms with van der Waals surface area (Å²) in [5.41, 5.74) is 7.68. The molecule has 0 bridgehead atoms. The molecule has 20 heavy (non-hydrogen) atoms. The summed E-state index contributed by atoms with van der Waals surface area (Å²) in [6.45, 7) is 1.76. The van der Waals surface area contributed by atoms with E-state index in [4.69, 9.17) is 11.0 Å². The van der Waals surface area contributed by atoms with Crippen molar-refractivity contribution < 1.29 is 8.42 Å². The minimum absolute atomic E-state index is 0.116. The highest BCUT2D eigenvalue weighted by atomic mass is 32.2. The predicted octanol–water partition coefficient (Wildman–Crippen LogP) is 2.42. The van der Waals surface area contributed by atoms with Gasteiger partial charge in [0.1, 0.15) is 0 Å². The molecule has 0 radical (unpaired) electrons. The third-order valence-corrected chi connectivity index (χ3v) is 4.82. The smallest absolute Gasteiger partial charge is 0.184 e. The number of para-hydroxylation sites is 1. The minimum Gasteiger partial charge on any atom is -0.397 e. The van der Waals surface area contributed by atoms with Crippen LogP contribution in [0.1, 0.15) is 16.7 Å². The highest BCUT2D eigenvalue weighted by Gasteiger charge is 2.20. The summed E-state index contributed by atoms with van der Waals surface area (Å²) in [6.07, 6.45) is 0. The summed E-state index contributed by atoms with van der Waals surface area (Å²) >= 11 is 0. The van der Waals surface area contributed by atoms with Gasteiger partial charge < -0.3 is 5.73 Å². The Morgan fingerprint density at radius 2 is 1.85 bits per heavy atom. The van der Waals surface area contributed by atoms with Gasteiger partial charge in [0.05, 0.1) is 28.0 Å². The Kier molecular flexibility index (Phi) is 3.77. The third-order valence-electron chi connectivity index (χ3n) is 3.10. The Morgan fingerprint density at radius 3 is 2.55 bits per heavy atom. The molecule has 2 rings (SSSR count). The van der Waals surface area contributed by atoms with Gasteiger partial charge in [0.15, 0.2) is 9.84 Å². The molecule has 0 unspecified atom stereocenters. The molecule has 2 aromatic rings. The molecule has 102 valence electrons. The second-order valence-corrected chi connectivity index (χ2v) is 6.47. The molecule has 0 atom stereocenters. The monoisotopic (exact) mass is 286 g/mol. The first-order valence-corrected chi connectivity index (χ1v) is 7.67. The average molecular weight is 286 g/mol. The maximum absolute atomic E-state index is 12.5. The number of sulfone groups is 1. The lowest BCUT2D eigenvalue weighted by molar-refractivity contribution is 0.595. The second-order valence-electron chi connectivity index (χ2n) is 4.51. The van der Waals surface area contributed by atoms with Gasteiger partial charge in [0, 0.05) is 0 Å². The van der Waals surface area contributed by atoms with Crippen LogP contribution >= 0.6 is 0 Å². The van der Waals surface area contributed by atoms with Crippen LogP contribution in [-0.4, -0.2) is 8.42 Å². The first kappa shape index (κ1) is 14.1. The normalized spacial score (nSPS) is 11.0. The zero-order valence-corrected chi connectivity index (χ0v) is 11.8. The topological polar surface area (TPSA) is 84.0 Å². The molecule has 2 aromatic carbocycles. The first-order chi connectivity index (χ1) is 9.45. The Balaban J connectivity index is 2.47. The van der Waals surface area contributed by atoms with E-state index >= 15 is 0 Å². The molecule has 0 saturated carbocycles. The molecule has 4 nitrogen and oxygen atoms in total. The third kappa shape index (κ3) is 2.65. The van der Waals surface area contributed by atoms with Gasteiger partial charge in [0.2, 0.25) is 0 Å². The molecule has 0 aromatic heterocycles. The molecule has 0 fully saturated rings. The van der Waals surface area contributed by atoms with Crippen LogP contribution < -0.4 is 5.73 Å². The fraction of sp³-hybridized carbons (Fsp3) is 0.133. The van der Waals surface area contributed by atoms with Gasteiger partial charge in [-0.15, -0.1) is 0 Å². The van der Waals surface area contributed by atoms with Crippen molar-refractivity contribution in [2.45, 2.75) is 17.6 Å².